The number of amidine groups is 1. The molecular weight excluding hydrogens is 451 g/mol. The van der Waals surface area contributed by atoms with Crippen molar-refractivity contribution in [2.24, 2.45) is 5.73 Å². The number of nitrogen functional groups attached to an aromatic ring is 1. The van der Waals surface area contributed by atoms with Crippen molar-refractivity contribution in [3.63, 3.8) is 0 Å². The average molecular weight is 473 g/mol. The smallest absolute Gasteiger partial charge is 0.480 e. The van der Waals surface area contributed by atoms with Crippen molar-refractivity contribution in [1.82, 2.24) is 15.5 Å². The SMILES string of the molecule is N=C(N)c1ccc(C(=O)NC(CC2CNCCN2CC(=O)OC(=O)C(F)(F)F)C(=O)O)cc1. The summed E-state index contributed by atoms with van der Waals surface area (Å²) in [4.78, 5) is 48.1. The molecular formula is C19H22F3N5O6. The van der Waals surface area contributed by atoms with Crippen molar-refractivity contribution in [2.45, 2.75) is 24.7 Å². The second kappa shape index (κ2) is 10.9. The zero-order chi connectivity index (χ0) is 24.8. The number of nitrogens with zero attached hydrogens (tertiary/aromatic N) is 1. The molecule has 1 aliphatic heterocycles. The molecule has 11 nitrogen and oxygen atoms in total. The van der Waals surface area contributed by atoms with Crippen LogP contribution in [-0.4, -0.2) is 84.1 Å². The molecule has 14 heteroatoms. The van der Waals surface area contributed by atoms with Gasteiger partial charge in [-0.3, -0.25) is 19.9 Å². The van der Waals surface area contributed by atoms with Gasteiger partial charge in [-0.05, 0) is 18.6 Å². The van der Waals surface area contributed by atoms with Gasteiger partial charge in [0.05, 0.1) is 6.54 Å². The molecule has 0 bridgehead atoms. The van der Waals surface area contributed by atoms with Crippen LogP contribution in [0.5, 0.6) is 0 Å². The van der Waals surface area contributed by atoms with Crippen molar-refractivity contribution in [2.75, 3.05) is 26.2 Å². The zero-order valence-corrected chi connectivity index (χ0v) is 17.1. The van der Waals surface area contributed by atoms with E-state index in [1.807, 2.05) is 0 Å². The first kappa shape index (κ1) is 25.7. The van der Waals surface area contributed by atoms with E-state index >= 15 is 0 Å². The summed E-state index contributed by atoms with van der Waals surface area (Å²) >= 11 is 0. The molecule has 33 heavy (non-hydrogen) atoms. The topological polar surface area (TPSA) is 175 Å². The van der Waals surface area contributed by atoms with E-state index in [0.717, 1.165) is 0 Å². The summed E-state index contributed by atoms with van der Waals surface area (Å²) < 4.78 is 40.6. The summed E-state index contributed by atoms with van der Waals surface area (Å²) in [6.45, 7) is 0.0603. The molecule has 1 heterocycles. The highest BCUT2D eigenvalue weighted by Gasteiger charge is 2.43. The maximum absolute atomic E-state index is 12.5. The monoisotopic (exact) mass is 473 g/mol. The maximum atomic E-state index is 12.5. The lowest BCUT2D eigenvalue weighted by atomic mass is 10.0. The van der Waals surface area contributed by atoms with Gasteiger partial charge in [0.15, 0.2) is 0 Å². The normalized spacial score (nSPS) is 17.6. The fourth-order valence-electron chi connectivity index (χ4n) is 3.14. The minimum atomic E-state index is -5.32. The number of nitrogens with one attached hydrogen (secondary N) is 3. The van der Waals surface area contributed by atoms with Crippen molar-refractivity contribution < 1.29 is 42.2 Å². The van der Waals surface area contributed by atoms with Crippen molar-refractivity contribution >= 4 is 29.7 Å². The fourth-order valence-corrected chi connectivity index (χ4v) is 3.14. The van der Waals surface area contributed by atoms with Gasteiger partial charge in [-0.15, -0.1) is 0 Å². The molecule has 180 valence electrons. The first-order valence-corrected chi connectivity index (χ1v) is 9.63. The van der Waals surface area contributed by atoms with Crippen molar-refractivity contribution in [1.29, 1.82) is 5.41 Å². The number of esters is 2. The molecule has 0 radical (unpaired) electrons. The van der Waals surface area contributed by atoms with Crippen LogP contribution in [0.15, 0.2) is 24.3 Å². The first-order chi connectivity index (χ1) is 15.4. The van der Waals surface area contributed by atoms with Crippen LogP contribution >= 0.6 is 0 Å². The highest BCUT2D eigenvalue weighted by Crippen LogP contribution is 2.17. The third-order valence-electron chi connectivity index (χ3n) is 4.81. The van der Waals surface area contributed by atoms with E-state index in [9.17, 15) is 37.5 Å². The van der Waals surface area contributed by atoms with E-state index in [2.05, 4.69) is 15.4 Å². The molecule has 1 amide bonds. The molecule has 0 saturated carbocycles. The number of ether oxygens (including phenoxy) is 1. The highest BCUT2D eigenvalue weighted by atomic mass is 19.4. The number of rotatable bonds is 8. The van der Waals surface area contributed by atoms with Crippen LogP contribution in [0.2, 0.25) is 0 Å². The summed E-state index contributed by atoms with van der Waals surface area (Å²) in [6, 6.07) is 3.54. The van der Waals surface area contributed by atoms with E-state index in [4.69, 9.17) is 11.1 Å². The number of hydrogen-bond donors (Lipinski definition) is 5. The van der Waals surface area contributed by atoms with Gasteiger partial charge >= 0.3 is 24.1 Å². The number of hydrogen-bond acceptors (Lipinski definition) is 8. The Bertz CT molecular complexity index is 921. The van der Waals surface area contributed by atoms with Crippen LogP contribution in [0.1, 0.15) is 22.3 Å². The second-order valence-electron chi connectivity index (χ2n) is 7.18. The molecule has 2 rings (SSSR count). The maximum Gasteiger partial charge on any atom is 0.491 e. The Morgan fingerprint density at radius 2 is 1.85 bits per heavy atom. The lowest BCUT2D eigenvalue weighted by molar-refractivity contribution is -0.202. The van der Waals surface area contributed by atoms with Crippen LogP contribution in [0.3, 0.4) is 0 Å². The average Bonchev–Trinajstić information content (AvgIpc) is 2.73. The minimum absolute atomic E-state index is 0.124. The first-order valence-electron chi connectivity index (χ1n) is 9.63. The summed E-state index contributed by atoms with van der Waals surface area (Å²) in [7, 11) is 0. The second-order valence-corrected chi connectivity index (χ2v) is 7.18. The Morgan fingerprint density at radius 3 is 2.39 bits per heavy atom. The van der Waals surface area contributed by atoms with E-state index in [1.165, 1.54) is 29.2 Å². The van der Waals surface area contributed by atoms with E-state index in [-0.39, 0.29) is 30.9 Å². The standard InChI is InChI=1S/C19H22F3N5O6/c20-19(21,22)18(32)33-14(28)9-27-6-5-25-8-12(27)7-13(17(30)31)26-16(29)11-3-1-10(2-4-11)15(23)24/h1-4,12-13,25H,5-9H2,(H3,23,24)(H,26,29)(H,30,31). The molecule has 1 aromatic rings. The Hall–Kier alpha value is -3.52. The molecule has 2 unspecified atom stereocenters. The quantitative estimate of drug-likeness (QED) is 0.144. The van der Waals surface area contributed by atoms with Gasteiger partial charge in [0.1, 0.15) is 11.9 Å². The van der Waals surface area contributed by atoms with Gasteiger partial charge in [0, 0.05) is 36.8 Å². The molecule has 0 aliphatic carbocycles. The molecule has 1 saturated heterocycles. The summed E-state index contributed by atoms with van der Waals surface area (Å²) in [5.41, 5.74) is 5.85. The van der Waals surface area contributed by atoms with E-state index in [1.54, 1.807) is 0 Å². The summed E-state index contributed by atoms with van der Waals surface area (Å²) in [5, 5.41) is 22.2. The number of aliphatic carboxylic acids is 1. The highest BCUT2D eigenvalue weighted by molar-refractivity contribution is 5.99. The Balaban J connectivity index is 2.03. The van der Waals surface area contributed by atoms with Crippen LogP contribution in [0.25, 0.3) is 0 Å². The number of carbonyl (C=O) groups is 4. The van der Waals surface area contributed by atoms with Gasteiger partial charge < -0.3 is 26.2 Å². The number of nitrogens with two attached hydrogens (primary N) is 1. The number of halogens is 3. The largest absolute Gasteiger partial charge is 0.491 e. The number of piperazine rings is 1. The predicted molar refractivity (Wildman–Crippen MR) is 106 cm³/mol. The Labute approximate surface area is 185 Å². The van der Waals surface area contributed by atoms with Crippen LogP contribution in [0, 0.1) is 5.41 Å². The van der Waals surface area contributed by atoms with Gasteiger partial charge in [0.25, 0.3) is 5.91 Å². The minimum Gasteiger partial charge on any atom is -0.480 e. The van der Waals surface area contributed by atoms with Gasteiger partial charge in [-0.1, -0.05) is 12.1 Å². The van der Waals surface area contributed by atoms with Crippen LogP contribution in [0.4, 0.5) is 13.2 Å². The fraction of sp³-hybridized carbons (Fsp3) is 0.421. The van der Waals surface area contributed by atoms with E-state index in [0.29, 0.717) is 12.1 Å². The van der Waals surface area contributed by atoms with Gasteiger partial charge in [-0.25, -0.2) is 9.59 Å². The molecule has 1 aromatic carbocycles. The van der Waals surface area contributed by atoms with Crippen molar-refractivity contribution in [3.8, 4) is 0 Å². The summed E-state index contributed by atoms with van der Waals surface area (Å²) in [6.07, 6.45) is -5.50. The number of carbonyl (C=O) groups excluding carboxylic acids is 3. The number of carboxylic acid groups (broad SMARTS) is 1. The molecule has 0 spiro atoms. The van der Waals surface area contributed by atoms with Crippen LogP contribution < -0.4 is 16.4 Å². The van der Waals surface area contributed by atoms with Crippen LogP contribution in [-0.2, 0) is 19.1 Å². The van der Waals surface area contributed by atoms with Crippen molar-refractivity contribution in [3.05, 3.63) is 35.4 Å². The zero-order valence-electron chi connectivity index (χ0n) is 17.1. The van der Waals surface area contributed by atoms with Gasteiger partial charge in [-0.2, -0.15) is 13.2 Å². The predicted octanol–water partition coefficient (Wildman–Crippen LogP) is -0.550. The molecule has 2 atom stereocenters. The third kappa shape index (κ3) is 7.54. The lowest BCUT2D eigenvalue weighted by Crippen LogP contribution is -2.56. The van der Waals surface area contributed by atoms with Gasteiger partial charge in [0.2, 0.25) is 0 Å². The number of carboxylic acids is 1. The summed E-state index contributed by atoms with van der Waals surface area (Å²) in [5.74, 6) is -6.32. The number of amides is 1. The molecule has 1 aliphatic rings. The molecule has 6 N–H and O–H groups in total. The molecule has 0 aromatic heterocycles. The Morgan fingerprint density at radius 1 is 1.24 bits per heavy atom. The lowest BCUT2D eigenvalue weighted by Gasteiger charge is -2.36. The molecule has 1 fully saturated rings. The third-order valence-corrected chi connectivity index (χ3v) is 4.81. The van der Waals surface area contributed by atoms with E-state index < -0.39 is 48.6 Å². The Kier molecular flexibility index (Phi) is 8.48. The number of alkyl halides is 3. The number of benzene rings is 1.